The van der Waals surface area contributed by atoms with Gasteiger partial charge < -0.3 is 4.89 Å². The highest BCUT2D eigenvalue weighted by Crippen LogP contribution is 2.44. The molecule has 3 nitrogen and oxygen atoms in total. The number of unbranched alkanes of at least 4 members (excludes halogenated alkanes) is 13. The van der Waals surface area contributed by atoms with Crippen molar-refractivity contribution in [1.82, 2.24) is 0 Å². The van der Waals surface area contributed by atoms with E-state index in [2.05, 4.69) is 19.1 Å². The van der Waals surface area contributed by atoms with Crippen molar-refractivity contribution in [3.8, 4) is 0 Å². The second-order valence-corrected chi connectivity index (χ2v) is 11.0. The molecule has 2 unspecified atom stereocenters. The lowest BCUT2D eigenvalue weighted by molar-refractivity contribution is -0.910. The van der Waals surface area contributed by atoms with Gasteiger partial charge in [0.15, 0.2) is 0 Å². The SMILES string of the molecule is CCCCCC=CCCCCCCCCCCCCC(CC)([P+](=O)[O-])[N+](C)(C)C. The summed E-state index contributed by atoms with van der Waals surface area (Å²) in [5.41, 5.74) is 0. The van der Waals surface area contributed by atoms with Gasteiger partial charge in [-0.25, -0.2) is 0 Å². The van der Waals surface area contributed by atoms with E-state index in [0.29, 0.717) is 10.9 Å². The molecule has 4 heteroatoms. The lowest BCUT2D eigenvalue weighted by Crippen LogP contribution is -2.55. The monoisotopic (exact) mass is 428 g/mol. The predicted molar refractivity (Wildman–Crippen MR) is 127 cm³/mol. The van der Waals surface area contributed by atoms with E-state index in [0.717, 1.165) is 19.3 Å². The molecule has 0 bridgehead atoms. The Labute approximate surface area is 183 Å². The van der Waals surface area contributed by atoms with E-state index < -0.39 is 13.3 Å². The predicted octanol–water partition coefficient (Wildman–Crippen LogP) is 7.72. The summed E-state index contributed by atoms with van der Waals surface area (Å²) in [6.07, 6.45) is 25.7. The third-order valence-corrected chi connectivity index (χ3v) is 8.31. The maximum Gasteiger partial charge on any atom is 0.376 e. The van der Waals surface area contributed by atoms with Crippen LogP contribution in [0.3, 0.4) is 0 Å². The highest BCUT2D eigenvalue weighted by molar-refractivity contribution is 7.38. The van der Waals surface area contributed by atoms with Gasteiger partial charge in [-0.1, -0.05) is 94.8 Å². The van der Waals surface area contributed by atoms with Gasteiger partial charge in [0.1, 0.15) is 0 Å². The van der Waals surface area contributed by atoms with Crippen molar-refractivity contribution in [1.29, 1.82) is 0 Å². The molecule has 0 aliphatic heterocycles. The molecular weight excluding hydrogens is 377 g/mol. The van der Waals surface area contributed by atoms with Crippen molar-refractivity contribution < 1.29 is 13.9 Å². The van der Waals surface area contributed by atoms with Crippen molar-refractivity contribution >= 4 is 8.03 Å². The van der Waals surface area contributed by atoms with E-state index in [4.69, 9.17) is 0 Å². The largest absolute Gasteiger partial charge is 0.590 e. The molecule has 0 aromatic carbocycles. The van der Waals surface area contributed by atoms with Crippen LogP contribution in [0.15, 0.2) is 12.2 Å². The highest BCUT2D eigenvalue weighted by atomic mass is 31.1. The van der Waals surface area contributed by atoms with Crippen LogP contribution >= 0.6 is 8.03 Å². The molecule has 0 saturated heterocycles. The van der Waals surface area contributed by atoms with Crippen molar-refractivity contribution in [3.63, 3.8) is 0 Å². The zero-order chi connectivity index (χ0) is 22.0. The molecule has 0 radical (unpaired) electrons. The summed E-state index contributed by atoms with van der Waals surface area (Å²) >= 11 is 0. The van der Waals surface area contributed by atoms with Crippen LogP contribution < -0.4 is 4.89 Å². The fourth-order valence-corrected chi connectivity index (χ4v) is 5.37. The minimum atomic E-state index is -2.41. The maximum atomic E-state index is 11.9. The lowest BCUT2D eigenvalue weighted by Gasteiger charge is -2.39. The van der Waals surface area contributed by atoms with Crippen LogP contribution in [0.1, 0.15) is 123 Å². The number of nitrogens with zero attached hydrogens (tertiary/aromatic N) is 1. The van der Waals surface area contributed by atoms with Gasteiger partial charge in [0, 0.05) is 12.8 Å². The molecule has 0 aliphatic rings. The fraction of sp³-hybridized carbons (Fsp3) is 0.920. The zero-order valence-electron chi connectivity index (χ0n) is 20.4. The molecule has 0 amide bonds. The Morgan fingerprint density at radius 3 is 1.52 bits per heavy atom. The summed E-state index contributed by atoms with van der Waals surface area (Å²) in [5.74, 6) is 0. The number of quaternary nitrogens is 1. The molecule has 0 aromatic heterocycles. The van der Waals surface area contributed by atoms with Gasteiger partial charge in [0.2, 0.25) is 0 Å². The quantitative estimate of drug-likeness (QED) is 0.0861. The molecule has 0 aliphatic carbocycles. The van der Waals surface area contributed by atoms with Gasteiger partial charge in [-0.05, 0) is 32.1 Å². The van der Waals surface area contributed by atoms with Crippen LogP contribution in [0.4, 0.5) is 0 Å². The van der Waals surface area contributed by atoms with Gasteiger partial charge in [-0.2, -0.15) is 0 Å². The second kappa shape index (κ2) is 17.4. The summed E-state index contributed by atoms with van der Waals surface area (Å²) in [7, 11) is 3.62. The normalized spacial score (nSPS) is 15.0. The lowest BCUT2D eigenvalue weighted by atomic mass is 10.0. The van der Waals surface area contributed by atoms with Crippen LogP contribution in [-0.2, 0) is 4.57 Å². The Balaban J connectivity index is 3.59. The first-order valence-corrected chi connectivity index (χ1v) is 13.6. The number of hydrogen-bond acceptors (Lipinski definition) is 2. The van der Waals surface area contributed by atoms with Crippen LogP contribution in [0.5, 0.6) is 0 Å². The average molecular weight is 429 g/mol. The topological polar surface area (TPSA) is 40.1 Å². The smallest absolute Gasteiger partial charge is 0.376 e. The van der Waals surface area contributed by atoms with Gasteiger partial charge >= 0.3 is 8.03 Å². The number of rotatable bonds is 20. The first-order chi connectivity index (χ1) is 13.8. The second-order valence-electron chi connectivity index (χ2n) is 9.65. The highest BCUT2D eigenvalue weighted by Gasteiger charge is 2.52. The minimum absolute atomic E-state index is 0.511. The summed E-state index contributed by atoms with van der Waals surface area (Å²) < 4.78 is 12.4. The molecule has 0 spiro atoms. The number of allylic oxidation sites excluding steroid dienone is 2. The molecule has 0 saturated carbocycles. The Morgan fingerprint density at radius 1 is 0.724 bits per heavy atom. The van der Waals surface area contributed by atoms with Crippen molar-refractivity contribution in [2.24, 2.45) is 0 Å². The molecule has 29 heavy (non-hydrogen) atoms. The molecule has 0 N–H and O–H groups in total. The van der Waals surface area contributed by atoms with Crippen LogP contribution in [0.25, 0.3) is 0 Å². The first kappa shape index (κ1) is 28.8. The summed E-state index contributed by atoms with van der Waals surface area (Å²) in [5, 5.41) is -0.597. The summed E-state index contributed by atoms with van der Waals surface area (Å²) in [6.45, 7) is 4.27. The third-order valence-electron chi connectivity index (χ3n) is 6.49. The molecule has 2 atom stereocenters. The Hall–Kier alpha value is -0.240. The van der Waals surface area contributed by atoms with Gasteiger partial charge in [0.25, 0.3) is 5.28 Å². The van der Waals surface area contributed by atoms with Crippen LogP contribution in [0, 0.1) is 0 Å². The van der Waals surface area contributed by atoms with E-state index in [9.17, 15) is 9.46 Å². The molecule has 0 aromatic rings. The summed E-state index contributed by atoms with van der Waals surface area (Å²) in [6, 6.07) is 0. The van der Waals surface area contributed by atoms with Gasteiger partial charge in [0.05, 0.1) is 21.1 Å². The first-order valence-electron chi connectivity index (χ1n) is 12.4. The van der Waals surface area contributed by atoms with Crippen molar-refractivity contribution in [2.45, 2.75) is 128 Å². The molecule has 172 valence electrons. The van der Waals surface area contributed by atoms with Gasteiger partial charge in [-0.15, -0.1) is 0 Å². The van der Waals surface area contributed by atoms with E-state index >= 15 is 0 Å². The van der Waals surface area contributed by atoms with Crippen LogP contribution in [-0.4, -0.2) is 30.9 Å². The molecule has 0 heterocycles. The molecule has 0 fully saturated rings. The van der Waals surface area contributed by atoms with E-state index in [-0.39, 0.29) is 0 Å². The van der Waals surface area contributed by atoms with Gasteiger partial charge in [-0.3, -0.25) is 4.48 Å². The molecular formula is C25H51NO2P+. The Bertz CT molecular complexity index is 431. The van der Waals surface area contributed by atoms with E-state index in [1.165, 1.54) is 83.5 Å². The van der Waals surface area contributed by atoms with Crippen molar-refractivity contribution in [2.75, 3.05) is 21.1 Å². The van der Waals surface area contributed by atoms with Crippen molar-refractivity contribution in [3.05, 3.63) is 12.2 Å². The maximum absolute atomic E-state index is 11.9. The fourth-order valence-electron chi connectivity index (χ4n) is 4.28. The summed E-state index contributed by atoms with van der Waals surface area (Å²) in [4.78, 5) is 11.9. The third kappa shape index (κ3) is 12.9. The molecule has 0 rings (SSSR count). The Kier molecular flexibility index (Phi) is 17.3. The standard InChI is InChI=1S/C25H51NO2P/c1-6-8-9-10-11-12-13-14-15-16-17-18-19-20-21-22-23-24-25(7-2,29(27)28)26(3,4)5/h11-12H,6-10,13-24H2,1-5H3/q+1. The Morgan fingerprint density at radius 2 is 1.14 bits per heavy atom. The zero-order valence-corrected chi connectivity index (χ0v) is 21.3. The minimum Gasteiger partial charge on any atom is -0.590 e. The van der Waals surface area contributed by atoms with E-state index in [1.807, 2.05) is 28.1 Å². The number of hydrogen-bond donors (Lipinski definition) is 0. The average Bonchev–Trinajstić information content (AvgIpc) is 2.66. The van der Waals surface area contributed by atoms with Crippen LogP contribution in [0.2, 0.25) is 0 Å². The van der Waals surface area contributed by atoms with E-state index in [1.54, 1.807) is 0 Å².